The highest BCUT2D eigenvalue weighted by atomic mass is 79.9. The van der Waals surface area contributed by atoms with E-state index < -0.39 is 0 Å². The SMILES string of the molecule is C=C(C)[C@@H](c1ccccc1)N(C)C(=O)c1c(Br)ccn1C. The molecule has 0 N–H and O–H groups in total. The molecule has 2 aromatic rings. The van der Waals surface area contributed by atoms with Crippen LogP contribution in [0.4, 0.5) is 0 Å². The fraction of sp³-hybridized carbons (Fsp3) is 0.235. The lowest BCUT2D eigenvalue weighted by Crippen LogP contribution is -2.33. The molecule has 1 aromatic carbocycles. The molecule has 0 aliphatic carbocycles. The molecule has 2 rings (SSSR count). The third-order valence-corrected chi connectivity index (χ3v) is 4.16. The summed E-state index contributed by atoms with van der Waals surface area (Å²) in [6.45, 7) is 6.00. The Morgan fingerprint density at radius 3 is 2.38 bits per heavy atom. The Bertz CT molecular complexity index is 641. The molecule has 3 nitrogen and oxygen atoms in total. The Morgan fingerprint density at radius 1 is 1.29 bits per heavy atom. The Kier molecular flexibility index (Phi) is 4.68. The molecule has 0 aliphatic rings. The Labute approximate surface area is 134 Å². The second-order valence-electron chi connectivity index (χ2n) is 5.20. The number of carbonyl (C=O) groups is 1. The van der Waals surface area contributed by atoms with Crippen LogP contribution in [0.3, 0.4) is 0 Å². The summed E-state index contributed by atoms with van der Waals surface area (Å²) in [6, 6.07) is 11.7. The number of amides is 1. The molecule has 0 saturated heterocycles. The van der Waals surface area contributed by atoms with Gasteiger partial charge in [-0.15, -0.1) is 0 Å². The van der Waals surface area contributed by atoms with Crippen LogP contribution in [-0.4, -0.2) is 22.4 Å². The van der Waals surface area contributed by atoms with E-state index in [-0.39, 0.29) is 11.9 Å². The van der Waals surface area contributed by atoms with Crippen LogP contribution in [0.1, 0.15) is 29.0 Å². The van der Waals surface area contributed by atoms with Crippen molar-refractivity contribution in [3.05, 3.63) is 70.5 Å². The predicted molar refractivity (Wildman–Crippen MR) is 89.2 cm³/mol. The summed E-state index contributed by atoms with van der Waals surface area (Å²) >= 11 is 3.44. The molecule has 1 atom stereocenters. The lowest BCUT2D eigenvalue weighted by atomic mass is 9.99. The van der Waals surface area contributed by atoms with E-state index in [1.165, 1.54) is 0 Å². The molecule has 0 saturated carbocycles. The zero-order chi connectivity index (χ0) is 15.6. The van der Waals surface area contributed by atoms with E-state index in [1.807, 2.05) is 68.2 Å². The Hall–Kier alpha value is -1.81. The fourth-order valence-electron chi connectivity index (χ4n) is 2.51. The normalized spacial score (nSPS) is 12.0. The molecule has 1 amide bonds. The lowest BCUT2D eigenvalue weighted by molar-refractivity contribution is 0.0742. The number of aromatic nitrogens is 1. The average Bonchev–Trinajstić information content (AvgIpc) is 2.78. The zero-order valence-corrected chi connectivity index (χ0v) is 14.1. The summed E-state index contributed by atoms with van der Waals surface area (Å²) in [5, 5.41) is 0. The number of carbonyl (C=O) groups excluding carboxylic acids is 1. The van der Waals surface area contributed by atoms with Crippen LogP contribution in [0, 0.1) is 0 Å². The Morgan fingerprint density at radius 2 is 1.90 bits per heavy atom. The number of halogens is 1. The first-order valence-corrected chi connectivity index (χ1v) is 7.51. The summed E-state index contributed by atoms with van der Waals surface area (Å²) in [4.78, 5) is 14.5. The van der Waals surface area contributed by atoms with Crippen LogP contribution in [0.2, 0.25) is 0 Å². The summed E-state index contributed by atoms with van der Waals surface area (Å²) in [6.07, 6.45) is 1.86. The minimum atomic E-state index is -0.138. The maximum Gasteiger partial charge on any atom is 0.272 e. The molecule has 1 heterocycles. The van der Waals surface area contributed by atoms with Crippen molar-refractivity contribution in [1.82, 2.24) is 9.47 Å². The van der Waals surface area contributed by atoms with Crippen molar-refractivity contribution in [1.29, 1.82) is 0 Å². The van der Waals surface area contributed by atoms with Gasteiger partial charge in [-0.25, -0.2) is 0 Å². The standard InChI is InChI=1S/C17H19BrN2O/c1-12(2)15(13-8-6-5-7-9-13)20(4)17(21)16-14(18)10-11-19(16)3/h5-11,15H,1H2,2-4H3/t15-/m0/s1. The maximum atomic E-state index is 12.8. The van der Waals surface area contributed by atoms with Crippen LogP contribution in [0.5, 0.6) is 0 Å². The smallest absolute Gasteiger partial charge is 0.272 e. The topological polar surface area (TPSA) is 25.2 Å². The third-order valence-electron chi connectivity index (χ3n) is 3.52. The van der Waals surface area contributed by atoms with Gasteiger partial charge >= 0.3 is 0 Å². The highest BCUT2D eigenvalue weighted by Crippen LogP contribution is 2.29. The van der Waals surface area contributed by atoms with Crippen molar-refractivity contribution in [2.45, 2.75) is 13.0 Å². The zero-order valence-electron chi connectivity index (χ0n) is 12.5. The molecule has 0 unspecified atom stereocenters. The summed E-state index contributed by atoms with van der Waals surface area (Å²) in [7, 11) is 3.68. The highest BCUT2D eigenvalue weighted by Gasteiger charge is 2.26. The molecular formula is C17H19BrN2O. The number of benzene rings is 1. The van der Waals surface area contributed by atoms with Gasteiger partial charge < -0.3 is 9.47 Å². The van der Waals surface area contributed by atoms with Crippen molar-refractivity contribution in [3.8, 4) is 0 Å². The largest absolute Gasteiger partial charge is 0.346 e. The number of hydrogen-bond donors (Lipinski definition) is 0. The molecule has 4 heteroatoms. The third kappa shape index (κ3) is 3.10. The van der Waals surface area contributed by atoms with Gasteiger partial charge in [-0.1, -0.05) is 42.5 Å². The van der Waals surface area contributed by atoms with Gasteiger partial charge in [-0.2, -0.15) is 0 Å². The number of hydrogen-bond acceptors (Lipinski definition) is 1. The molecule has 0 bridgehead atoms. The summed E-state index contributed by atoms with van der Waals surface area (Å²) < 4.78 is 2.62. The Balaban J connectivity index is 2.38. The second-order valence-corrected chi connectivity index (χ2v) is 6.05. The number of likely N-dealkylation sites (N-methyl/N-ethyl adjacent to an activating group) is 1. The monoisotopic (exact) mass is 346 g/mol. The molecule has 0 fully saturated rings. The maximum absolute atomic E-state index is 12.8. The number of aryl methyl sites for hydroxylation is 1. The van der Waals surface area contributed by atoms with Gasteiger partial charge in [0.2, 0.25) is 0 Å². The van der Waals surface area contributed by atoms with Crippen molar-refractivity contribution in [2.75, 3.05) is 7.05 Å². The molecule has 0 spiro atoms. The van der Waals surface area contributed by atoms with Crippen molar-refractivity contribution in [2.24, 2.45) is 7.05 Å². The van der Waals surface area contributed by atoms with Crippen molar-refractivity contribution >= 4 is 21.8 Å². The minimum Gasteiger partial charge on any atom is -0.346 e. The first-order chi connectivity index (χ1) is 9.93. The van der Waals surface area contributed by atoms with Gasteiger partial charge in [-0.05, 0) is 34.5 Å². The lowest BCUT2D eigenvalue weighted by Gasteiger charge is -2.29. The van der Waals surface area contributed by atoms with E-state index in [4.69, 9.17) is 0 Å². The van der Waals surface area contributed by atoms with Gasteiger partial charge in [0.1, 0.15) is 5.69 Å². The minimum absolute atomic E-state index is 0.0359. The predicted octanol–water partition coefficient (Wildman–Crippen LogP) is 4.18. The molecule has 21 heavy (non-hydrogen) atoms. The van der Waals surface area contributed by atoms with Crippen molar-refractivity contribution in [3.63, 3.8) is 0 Å². The van der Waals surface area contributed by atoms with E-state index in [2.05, 4.69) is 22.5 Å². The van der Waals surface area contributed by atoms with Gasteiger partial charge in [0.15, 0.2) is 0 Å². The quantitative estimate of drug-likeness (QED) is 0.762. The van der Waals surface area contributed by atoms with Gasteiger partial charge in [0, 0.05) is 24.8 Å². The summed E-state index contributed by atoms with van der Waals surface area (Å²) in [5.41, 5.74) is 2.63. The van der Waals surface area contributed by atoms with Crippen molar-refractivity contribution < 1.29 is 4.79 Å². The highest BCUT2D eigenvalue weighted by molar-refractivity contribution is 9.10. The first-order valence-electron chi connectivity index (χ1n) is 6.71. The van der Waals surface area contributed by atoms with E-state index in [1.54, 1.807) is 4.90 Å². The fourth-order valence-corrected chi connectivity index (χ4v) is 3.08. The van der Waals surface area contributed by atoms with Crippen LogP contribution >= 0.6 is 15.9 Å². The van der Waals surface area contributed by atoms with Gasteiger partial charge in [0.25, 0.3) is 5.91 Å². The number of rotatable bonds is 4. The van der Waals surface area contributed by atoms with Gasteiger partial charge in [-0.3, -0.25) is 4.79 Å². The van der Waals surface area contributed by atoms with Crippen LogP contribution in [-0.2, 0) is 7.05 Å². The van der Waals surface area contributed by atoms with E-state index >= 15 is 0 Å². The first kappa shape index (κ1) is 15.6. The molecule has 0 radical (unpaired) electrons. The molecule has 0 aliphatic heterocycles. The van der Waals surface area contributed by atoms with Gasteiger partial charge in [0.05, 0.1) is 6.04 Å². The second kappa shape index (κ2) is 6.31. The van der Waals surface area contributed by atoms with E-state index in [9.17, 15) is 4.79 Å². The average molecular weight is 347 g/mol. The van der Waals surface area contributed by atoms with Crippen LogP contribution in [0.15, 0.2) is 59.2 Å². The molecule has 1 aromatic heterocycles. The van der Waals surface area contributed by atoms with Crippen LogP contribution in [0.25, 0.3) is 0 Å². The summed E-state index contributed by atoms with van der Waals surface area (Å²) in [5.74, 6) is -0.0359. The molecular weight excluding hydrogens is 328 g/mol. The molecule has 110 valence electrons. The number of nitrogens with zero attached hydrogens (tertiary/aromatic N) is 2. The van der Waals surface area contributed by atoms with E-state index in [0.717, 1.165) is 15.6 Å². The van der Waals surface area contributed by atoms with E-state index in [0.29, 0.717) is 5.69 Å². The van der Waals surface area contributed by atoms with Crippen LogP contribution < -0.4 is 0 Å².